The number of unbranched alkanes of at least 4 members (excludes halogenated alkanes) is 2. The van der Waals surface area contributed by atoms with Gasteiger partial charge in [0.15, 0.2) is 0 Å². The molecule has 4 N–H and O–H groups in total. The van der Waals surface area contributed by atoms with Crippen LogP contribution in [-0.2, 0) is 4.74 Å². The number of anilines is 1. The van der Waals surface area contributed by atoms with Crippen LogP contribution in [0.15, 0.2) is 12.1 Å². The first kappa shape index (κ1) is 17.4. The van der Waals surface area contributed by atoms with Gasteiger partial charge in [0, 0.05) is 31.5 Å². The molecule has 0 spiro atoms. The van der Waals surface area contributed by atoms with Crippen LogP contribution in [0.3, 0.4) is 0 Å². The largest absolute Gasteiger partial charge is 0.385 e. The maximum atomic E-state index is 12.1. The van der Waals surface area contributed by atoms with Crippen LogP contribution in [0.1, 0.15) is 55.1 Å². The van der Waals surface area contributed by atoms with Crippen LogP contribution >= 0.6 is 0 Å². The molecule has 1 aromatic rings. The lowest BCUT2D eigenvalue weighted by molar-refractivity contribution is 0.0952. The summed E-state index contributed by atoms with van der Waals surface area (Å²) in [7, 11) is 1.70. The maximum absolute atomic E-state index is 12.1. The Labute approximate surface area is 126 Å². The number of pyridine rings is 1. The number of hydrogen-bond acceptors (Lipinski definition) is 5. The monoisotopic (exact) mass is 294 g/mol. The van der Waals surface area contributed by atoms with Gasteiger partial charge in [0.1, 0.15) is 5.82 Å². The van der Waals surface area contributed by atoms with Gasteiger partial charge in [-0.15, -0.1) is 0 Å². The molecule has 0 saturated carbocycles. The van der Waals surface area contributed by atoms with Gasteiger partial charge in [-0.05, 0) is 37.3 Å². The van der Waals surface area contributed by atoms with Gasteiger partial charge >= 0.3 is 0 Å². The molecule has 1 aromatic heterocycles. The lowest BCUT2D eigenvalue weighted by atomic mass is 10.1. The van der Waals surface area contributed by atoms with E-state index in [1.165, 1.54) is 0 Å². The summed E-state index contributed by atoms with van der Waals surface area (Å²) in [5.74, 6) is 6.05. The molecule has 21 heavy (non-hydrogen) atoms. The Morgan fingerprint density at radius 2 is 2.10 bits per heavy atom. The minimum Gasteiger partial charge on any atom is -0.385 e. The highest BCUT2D eigenvalue weighted by atomic mass is 16.5. The van der Waals surface area contributed by atoms with Crippen molar-refractivity contribution in [3.05, 3.63) is 23.4 Å². The first-order chi connectivity index (χ1) is 10.1. The molecule has 0 atom stereocenters. The van der Waals surface area contributed by atoms with Crippen LogP contribution in [0.2, 0.25) is 0 Å². The van der Waals surface area contributed by atoms with Crippen LogP contribution in [0.4, 0.5) is 5.82 Å². The van der Waals surface area contributed by atoms with Gasteiger partial charge in [0.05, 0.1) is 0 Å². The highest BCUT2D eigenvalue weighted by molar-refractivity contribution is 5.95. The summed E-state index contributed by atoms with van der Waals surface area (Å²) in [6, 6.07) is 3.47. The van der Waals surface area contributed by atoms with Gasteiger partial charge in [-0.3, -0.25) is 4.79 Å². The summed E-state index contributed by atoms with van der Waals surface area (Å²) >= 11 is 0. The maximum Gasteiger partial charge on any atom is 0.251 e. The van der Waals surface area contributed by atoms with E-state index in [0.29, 0.717) is 17.9 Å². The number of nitrogens with two attached hydrogens (primary N) is 1. The fourth-order valence-electron chi connectivity index (χ4n) is 1.90. The molecule has 1 heterocycles. The van der Waals surface area contributed by atoms with E-state index in [1.807, 2.05) is 19.9 Å². The minimum absolute atomic E-state index is 0.0949. The molecule has 0 unspecified atom stereocenters. The van der Waals surface area contributed by atoms with Crippen LogP contribution in [0.25, 0.3) is 0 Å². The summed E-state index contributed by atoms with van der Waals surface area (Å²) in [6.45, 7) is 5.48. The summed E-state index contributed by atoms with van der Waals surface area (Å²) in [6.07, 6.45) is 3.00. The van der Waals surface area contributed by atoms with Crippen LogP contribution in [0.5, 0.6) is 0 Å². The topological polar surface area (TPSA) is 89.3 Å². The van der Waals surface area contributed by atoms with Crippen LogP contribution in [-0.4, -0.2) is 31.2 Å². The standard InChI is InChI=1S/C15H26N4O2/c1-11(2)13-9-12(10-14(18-13)19-16)15(20)17-7-5-4-6-8-21-3/h9-11H,4-8,16H2,1-3H3,(H,17,20)(H,18,19). The number of amides is 1. The second-order valence-corrected chi connectivity index (χ2v) is 5.27. The summed E-state index contributed by atoms with van der Waals surface area (Å²) in [5.41, 5.74) is 3.93. The summed E-state index contributed by atoms with van der Waals surface area (Å²) in [4.78, 5) is 16.5. The number of nitrogen functional groups attached to an aromatic ring is 1. The molecule has 6 nitrogen and oxygen atoms in total. The number of hydrogen-bond donors (Lipinski definition) is 3. The molecule has 0 aromatic carbocycles. The van der Waals surface area contributed by atoms with Crippen molar-refractivity contribution in [1.82, 2.24) is 10.3 Å². The Kier molecular flexibility index (Phi) is 7.71. The number of aromatic nitrogens is 1. The molecule has 1 amide bonds. The Morgan fingerprint density at radius 1 is 1.33 bits per heavy atom. The van der Waals surface area contributed by atoms with E-state index in [2.05, 4.69) is 15.7 Å². The van der Waals surface area contributed by atoms with Crippen molar-refractivity contribution >= 4 is 11.7 Å². The molecule has 0 saturated heterocycles. The highest BCUT2D eigenvalue weighted by Gasteiger charge is 2.11. The number of nitrogens with one attached hydrogen (secondary N) is 2. The van der Waals surface area contributed by atoms with Crippen molar-refractivity contribution in [3.8, 4) is 0 Å². The molecule has 1 rings (SSSR count). The molecule has 0 aliphatic heterocycles. The Hall–Kier alpha value is -1.66. The van der Waals surface area contributed by atoms with Crippen molar-refractivity contribution in [3.63, 3.8) is 0 Å². The van der Waals surface area contributed by atoms with Crippen molar-refractivity contribution in [2.75, 3.05) is 25.7 Å². The second kappa shape index (κ2) is 9.31. The predicted molar refractivity (Wildman–Crippen MR) is 84.2 cm³/mol. The third-order valence-corrected chi connectivity index (χ3v) is 3.16. The van der Waals surface area contributed by atoms with Gasteiger partial charge in [0.25, 0.3) is 5.91 Å². The number of ether oxygens (including phenoxy) is 1. The average Bonchev–Trinajstić information content (AvgIpc) is 2.49. The molecule has 0 radical (unpaired) electrons. The molecule has 0 bridgehead atoms. The lowest BCUT2D eigenvalue weighted by Gasteiger charge is -2.11. The third kappa shape index (κ3) is 6.10. The van der Waals surface area contributed by atoms with Gasteiger partial charge in [-0.1, -0.05) is 13.8 Å². The number of carbonyl (C=O) groups excluding carboxylic acids is 1. The van der Waals surface area contributed by atoms with Crippen molar-refractivity contribution in [2.45, 2.75) is 39.0 Å². The molecule has 0 fully saturated rings. The fourth-order valence-corrected chi connectivity index (χ4v) is 1.90. The third-order valence-electron chi connectivity index (χ3n) is 3.16. The zero-order chi connectivity index (χ0) is 15.7. The lowest BCUT2D eigenvalue weighted by Crippen LogP contribution is -2.25. The predicted octanol–water partition coefficient (Wildman–Crippen LogP) is 2.04. The zero-order valence-corrected chi connectivity index (χ0v) is 13.1. The minimum atomic E-state index is -0.0949. The molecular weight excluding hydrogens is 268 g/mol. The first-order valence-corrected chi connectivity index (χ1v) is 7.34. The molecule has 6 heteroatoms. The Bertz CT molecular complexity index is 449. The molecule has 0 aliphatic rings. The van der Waals surface area contributed by atoms with Crippen LogP contribution in [0, 0.1) is 0 Å². The molecule has 0 aliphatic carbocycles. The van der Waals surface area contributed by atoms with E-state index in [0.717, 1.165) is 31.6 Å². The Morgan fingerprint density at radius 3 is 2.71 bits per heavy atom. The van der Waals surface area contributed by atoms with E-state index in [-0.39, 0.29) is 11.8 Å². The van der Waals surface area contributed by atoms with Gasteiger partial charge < -0.3 is 15.5 Å². The smallest absolute Gasteiger partial charge is 0.251 e. The van der Waals surface area contributed by atoms with Gasteiger partial charge in [-0.25, -0.2) is 10.8 Å². The summed E-state index contributed by atoms with van der Waals surface area (Å²) < 4.78 is 4.99. The number of rotatable bonds is 9. The fraction of sp³-hybridized carbons (Fsp3) is 0.600. The average molecular weight is 294 g/mol. The van der Waals surface area contributed by atoms with Crippen molar-refractivity contribution in [2.24, 2.45) is 5.84 Å². The second-order valence-electron chi connectivity index (χ2n) is 5.27. The highest BCUT2D eigenvalue weighted by Crippen LogP contribution is 2.17. The van der Waals surface area contributed by atoms with E-state index in [1.54, 1.807) is 13.2 Å². The number of hydrazine groups is 1. The summed E-state index contributed by atoms with van der Waals surface area (Å²) in [5, 5.41) is 2.92. The van der Waals surface area contributed by atoms with E-state index in [9.17, 15) is 4.79 Å². The Balaban J connectivity index is 2.55. The van der Waals surface area contributed by atoms with Gasteiger partial charge in [-0.2, -0.15) is 0 Å². The number of carbonyl (C=O) groups is 1. The van der Waals surface area contributed by atoms with Crippen molar-refractivity contribution in [1.29, 1.82) is 0 Å². The van der Waals surface area contributed by atoms with E-state index in [4.69, 9.17) is 10.6 Å². The van der Waals surface area contributed by atoms with Crippen molar-refractivity contribution < 1.29 is 9.53 Å². The quantitative estimate of drug-likeness (QED) is 0.368. The molecular formula is C15H26N4O2. The van der Waals surface area contributed by atoms with E-state index < -0.39 is 0 Å². The molecule has 118 valence electrons. The van der Waals surface area contributed by atoms with Crippen LogP contribution < -0.4 is 16.6 Å². The number of methoxy groups -OCH3 is 1. The first-order valence-electron chi connectivity index (χ1n) is 7.34. The van der Waals surface area contributed by atoms with E-state index >= 15 is 0 Å². The SMILES string of the molecule is COCCCCCNC(=O)c1cc(NN)nc(C(C)C)c1. The normalized spacial score (nSPS) is 10.7. The zero-order valence-electron chi connectivity index (χ0n) is 13.1. The van der Waals surface area contributed by atoms with Gasteiger partial charge in [0.2, 0.25) is 0 Å². The number of nitrogens with zero attached hydrogens (tertiary/aromatic N) is 1.